The highest BCUT2D eigenvalue weighted by molar-refractivity contribution is 5.95. The van der Waals surface area contributed by atoms with Crippen molar-refractivity contribution < 1.29 is 27.5 Å². The zero-order chi connectivity index (χ0) is 19.2. The van der Waals surface area contributed by atoms with E-state index in [0.29, 0.717) is 21.8 Å². The number of anilines is 2. The quantitative estimate of drug-likeness (QED) is 0.816. The number of amides is 3. The standard InChI is InChI=1S/C16H22F3N3O3/c1-10(2)22(9-16(17,18)19)15(24)21-13-7-5-6-12(11(13)3)20-14(23)8-25-4/h5-7,10H,8-9H2,1-4H3,(H,20,23)(H,21,24). The summed E-state index contributed by atoms with van der Waals surface area (Å²) in [5.74, 6) is -0.380. The molecule has 0 aliphatic rings. The maximum absolute atomic E-state index is 12.6. The van der Waals surface area contributed by atoms with E-state index in [-0.39, 0.29) is 12.5 Å². The summed E-state index contributed by atoms with van der Waals surface area (Å²) in [6.07, 6.45) is -4.49. The summed E-state index contributed by atoms with van der Waals surface area (Å²) in [6, 6.07) is 3.25. The number of nitrogens with zero attached hydrogens (tertiary/aromatic N) is 1. The molecule has 9 heteroatoms. The molecule has 0 aromatic heterocycles. The third-order valence-corrected chi connectivity index (χ3v) is 3.36. The fraction of sp³-hybridized carbons (Fsp3) is 0.500. The number of rotatable bonds is 6. The molecule has 0 atom stereocenters. The number of hydrogen-bond acceptors (Lipinski definition) is 3. The molecule has 0 aliphatic heterocycles. The Bertz CT molecular complexity index is 618. The molecule has 6 nitrogen and oxygen atoms in total. The smallest absolute Gasteiger partial charge is 0.375 e. The molecule has 0 fully saturated rings. The van der Waals surface area contributed by atoms with Gasteiger partial charge in [-0.15, -0.1) is 0 Å². The largest absolute Gasteiger partial charge is 0.406 e. The fourth-order valence-electron chi connectivity index (χ4n) is 2.09. The molecule has 2 N–H and O–H groups in total. The van der Waals surface area contributed by atoms with Crippen LogP contribution in [0.5, 0.6) is 0 Å². The van der Waals surface area contributed by atoms with Crippen LogP contribution in [0.1, 0.15) is 19.4 Å². The van der Waals surface area contributed by atoms with Gasteiger partial charge in [-0.1, -0.05) is 6.07 Å². The summed E-state index contributed by atoms with van der Waals surface area (Å²) < 4.78 is 42.7. The van der Waals surface area contributed by atoms with Crippen LogP contribution in [0, 0.1) is 6.92 Å². The lowest BCUT2D eigenvalue weighted by atomic mass is 10.1. The summed E-state index contributed by atoms with van der Waals surface area (Å²) in [5, 5.41) is 5.07. The number of carbonyl (C=O) groups excluding carboxylic acids is 2. The lowest BCUT2D eigenvalue weighted by Gasteiger charge is -2.28. The number of urea groups is 1. The topological polar surface area (TPSA) is 70.7 Å². The average molecular weight is 361 g/mol. The Morgan fingerprint density at radius 2 is 1.76 bits per heavy atom. The Labute approximate surface area is 144 Å². The van der Waals surface area contributed by atoms with Gasteiger partial charge in [0.25, 0.3) is 0 Å². The minimum absolute atomic E-state index is 0.136. The van der Waals surface area contributed by atoms with Crippen molar-refractivity contribution in [2.75, 3.05) is 30.9 Å². The van der Waals surface area contributed by atoms with Crippen molar-refractivity contribution in [1.82, 2.24) is 4.90 Å². The van der Waals surface area contributed by atoms with E-state index >= 15 is 0 Å². The third-order valence-electron chi connectivity index (χ3n) is 3.36. The third kappa shape index (κ3) is 6.61. The molecular formula is C16H22F3N3O3. The zero-order valence-electron chi connectivity index (χ0n) is 14.5. The van der Waals surface area contributed by atoms with Crippen LogP contribution >= 0.6 is 0 Å². The van der Waals surface area contributed by atoms with Crippen molar-refractivity contribution in [1.29, 1.82) is 0 Å². The maximum Gasteiger partial charge on any atom is 0.406 e. The van der Waals surface area contributed by atoms with E-state index in [2.05, 4.69) is 10.6 Å². The Kier molecular flexibility index (Phi) is 7.22. The highest BCUT2D eigenvalue weighted by Crippen LogP contribution is 2.25. The van der Waals surface area contributed by atoms with Crippen molar-refractivity contribution in [2.45, 2.75) is 33.0 Å². The summed E-state index contributed by atoms with van der Waals surface area (Å²) in [5.41, 5.74) is 1.27. The number of alkyl halides is 3. The van der Waals surface area contributed by atoms with E-state index in [0.717, 1.165) is 0 Å². The first kappa shape index (κ1) is 20.8. The lowest BCUT2D eigenvalue weighted by molar-refractivity contribution is -0.142. The molecule has 140 valence electrons. The van der Waals surface area contributed by atoms with Crippen molar-refractivity contribution in [3.63, 3.8) is 0 Å². The molecule has 0 unspecified atom stereocenters. The van der Waals surface area contributed by atoms with E-state index in [9.17, 15) is 22.8 Å². The first-order valence-corrected chi connectivity index (χ1v) is 7.58. The first-order chi connectivity index (χ1) is 11.5. The average Bonchev–Trinajstić information content (AvgIpc) is 2.48. The molecule has 1 aromatic rings. The summed E-state index contributed by atoms with van der Waals surface area (Å²) >= 11 is 0. The number of methoxy groups -OCH3 is 1. The molecule has 0 radical (unpaired) electrons. The molecule has 0 spiro atoms. The second-order valence-corrected chi connectivity index (χ2v) is 5.73. The monoisotopic (exact) mass is 361 g/mol. The van der Waals surface area contributed by atoms with Crippen LogP contribution in [0.4, 0.5) is 29.3 Å². The molecule has 0 heterocycles. The second-order valence-electron chi connectivity index (χ2n) is 5.73. The summed E-state index contributed by atoms with van der Waals surface area (Å²) in [4.78, 5) is 24.5. The minimum Gasteiger partial charge on any atom is -0.375 e. The van der Waals surface area contributed by atoms with Crippen LogP contribution in [0.3, 0.4) is 0 Å². The van der Waals surface area contributed by atoms with E-state index in [1.165, 1.54) is 21.0 Å². The van der Waals surface area contributed by atoms with Gasteiger partial charge in [0.1, 0.15) is 13.2 Å². The van der Waals surface area contributed by atoms with Crippen molar-refractivity contribution in [3.05, 3.63) is 23.8 Å². The fourth-order valence-corrected chi connectivity index (χ4v) is 2.09. The van der Waals surface area contributed by atoms with Crippen LogP contribution in [-0.4, -0.2) is 49.3 Å². The number of benzene rings is 1. The molecule has 0 saturated heterocycles. The van der Waals surface area contributed by atoms with Gasteiger partial charge in [-0.3, -0.25) is 4.79 Å². The number of ether oxygens (including phenoxy) is 1. The Hall–Kier alpha value is -2.29. The number of nitrogens with one attached hydrogen (secondary N) is 2. The molecule has 25 heavy (non-hydrogen) atoms. The Morgan fingerprint density at radius 1 is 1.20 bits per heavy atom. The first-order valence-electron chi connectivity index (χ1n) is 7.58. The van der Waals surface area contributed by atoms with Crippen LogP contribution in [0.15, 0.2) is 18.2 Å². The van der Waals surface area contributed by atoms with Gasteiger partial charge in [-0.2, -0.15) is 13.2 Å². The number of halogens is 3. The Morgan fingerprint density at radius 3 is 2.24 bits per heavy atom. The van der Waals surface area contributed by atoms with Gasteiger partial charge >= 0.3 is 12.2 Å². The van der Waals surface area contributed by atoms with Gasteiger partial charge in [0.2, 0.25) is 5.91 Å². The van der Waals surface area contributed by atoms with Crippen LogP contribution in [-0.2, 0) is 9.53 Å². The summed E-state index contributed by atoms with van der Waals surface area (Å²) in [6.45, 7) is 3.16. The predicted octanol–water partition coefficient (Wildman–Crippen LogP) is 3.38. The van der Waals surface area contributed by atoms with E-state index in [1.807, 2.05) is 0 Å². The number of carbonyl (C=O) groups is 2. The van der Waals surface area contributed by atoms with Crippen LogP contribution in [0.25, 0.3) is 0 Å². The Balaban J connectivity index is 2.94. The predicted molar refractivity (Wildman–Crippen MR) is 88.6 cm³/mol. The van der Waals surface area contributed by atoms with Crippen molar-refractivity contribution >= 4 is 23.3 Å². The lowest BCUT2D eigenvalue weighted by Crippen LogP contribution is -2.45. The molecular weight excluding hydrogens is 339 g/mol. The minimum atomic E-state index is -4.49. The molecule has 1 rings (SSSR count). The van der Waals surface area contributed by atoms with Crippen LogP contribution in [0.2, 0.25) is 0 Å². The SMILES string of the molecule is COCC(=O)Nc1cccc(NC(=O)N(CC(F)(F)F)C(C)C)c1C. The molecule has 0 aliphatic carbocycles. The van der Waals surface area contributed by atoms with E-state index < -0.39 is 24.8 Å². The van der Waals surface area contributed by atoms with Gasteiger partial charge in [0.05, 0.1) is 0 Å². The second kappa shape index (κ2) is 8.70. The van der Waals surface area contributed by atoms with E-state index in [1.54, 1.807) is 25.1 Å². The summed E-state index contributed by atoms with van der Waals surface area (Å²) in [7, 11) is 1.38. The van der Waals surface area contributed by atoms with Crippen molar-refractivity contribution in [3.8, 4) is 0 Å². The van der Waals surface area contributed by atoms with Gasteiger partial charge in [0.15, 0.2) is 0 Å². The van der Waals surface area contributed by atoms with Gasteiger partial charge in [-0.05, 0) is 38.5 Å². The number of hydrogen-bond donors (Lipinski definition) is 2. The van der Waals surface area contributed by atoms with Gasteiger partial charge < -0.3 is 20.3 Å². The molecule has 3 amide bonds. The van der Waals surface area contributed by atoms with Gasteiger partial charge in [0, 0.05) is 24.5 Å². The zero-order valence-corrected chi connectivity index (χ0v) is 14.5. The van der Waals surface area contributed by atoms with Crippen LogP contribution < -0.4 is 10.6 Å². The molecule has 0 saturated carbocycles. The highest BCUT2D eigenvalue weighted by Gasteiger charge is 2.34. The van der Waals surface area contributed by atoms with Gasteiger partial charge in [-0.25, -0.2) is 4.79 Å². The highest BCUT2D eigenvalue weighted by atomic mass is 19.4. The normalized spacial score (nSPS) is 11.4. The van der Waals surface area contributed by atoms with E-state index in [4.69, 9.17) is 4.74 Å². The molecule has 0 bridgehead atoms. The molecule has 1 aromatic carbocycles. The van der Waals surface area contributed by atoms with Crippen molar-refractivity contribution in [2.24, 2.45) is 0 Å². The maximum atomic E-state index is 12.6.